The maximum Gasteiger partial charge on any atom is 0.252 e. The van der Waals surface area contributed by atoms with E-state index in [9.17, 15) is 9.59 Å². The molecule has 1 saturated carbocycles. The van der Waals surface area contributed by atoms with Crippen molar-refractivity contribution in [1.82, 2.24) is 15.2 Å². The number of ketones is 1. The van der Waals surface area contributed by atoms with Crippen LogP contribution in [0, 0.1) is 13.8 Å². The molecule has 3 aromatic rings. The van der Waals surface area contributed by atoms with Crippen molar-refractivity contribution in [3.8, 4) is 5.75 Å². The number of fused-ring (bicyclic) bond motifs is 1. The van der Waals surface area contributed by atoms with Gasteiger partial charge in [-0.15, -0.1) is 0 Å². The number of ether oxygens (including phenoxy) is 1. The van der Waals surface area contributed by atoms with Gasteiger partial charge in [0.2, 0.25) is 0 Å². The van der Waals surface area contributed by atoms with Crippen molar-refractivity contribution in [2.24, 2.45) is 0 Å². The molecule has 0 bridgehead atoms. The van der Waals surface area contributed by atoms with Crippen LogP contribution in [-0.4, -0.2) is 48.3 Å². The van der Waals surface area contributed by atoms with Crippen LogP contribution in [0.5, 0.6) is 5.75 Å². The van der Waals surface area contributed by atoms with E-state index < -0.39 is 5.54 Å². The lowest BCUT2D eigenvalue weighted by Gasteiger charge is -2.36. The largest absolute Gasteiger partial charge is 0.497 e. The minimum atomic E-state index is -0.457. The van der Waals surface area contributed by atoms with Crippen LogP contribution in [0.2, 0.25) is 0 Å². The molecular weight excluding hydrogens is 414 g/mol. The summed E-state index contributed by atoms with van der Waals surface area (Å²) in [4.78, 5) is 33.1. The zero-order chi connectivity index (χ0) is 23.3. The van der Waals surface area contributed by atoms with E-state index in [0.29, 0.717) is 11.1 Å². The molecule has 0 radical (unpaired) electrons. The lowest BCUT2D eigenvalue weighted by molar-refractivity contribution is 0.0674. The number of aryl methyl sites for hydroxylation is 2. The molecule has 1 N–H and O–H groups in total. The van der Waals surface area contributed by atoms with Crippen molar-refractivity contribution in [2.75, 3.05) is 20.7 Å². The molecule has 170 valence electrons. The molecule has 1 aromatic heterocycles. The fourth-order valence-electron chi connectivity index (χ4n) is 4.76. The fraction of sp³-hybridized carbons (Fsp3) is 0.370. The Balaban J connectivity index is 1.47. The molecule has 33 heavy (non-hydrogen) atoms. The minimum absolute atomic E-state index is 0.0826. The van der Waals surface area contributed by atoms with Gasteiger partial charge in [-0.05, 0) is 69.5 Å². The first-order valence-corrected chi connectivity index (χ1v) is 11.4. The fourth-order valence-corrected chi connectivity index (χ4v) is 4.76. The average molecular weight is 444 g/mol. The molecule has 2 fully saturated rings. The predicted octanol–water partition coefficient (Wildman–Crippen LogP) is 4.17. The molecule has 1 unspecified atom stereocenters. The highest BCUT2D eigenvalue weighted by Gasteiger charge is 2.47. The molecule has 1 aliphatic heterocycles. The molecular formula is C27H29N3O3. The summed E-state index contributed by atoms with van der Waals surface area (Å²) in [6, 6.07) is 13.4. The van der Waals surface area contributed by atoms with Crippen LogP contribution in [0.1, 0.15) is 56.8 Å². The summed E-state index contributed by atoms with van der Waals surface area (Å²) in [6.07, 6.45) is 2.56. The predicted molar refractivity (Wildman–Crippen MR) is 128 cm³/mol. The summed E-state index contributed by atoms with van der Waals surface area (Å²) >= 11 is 0. The Morgan fingerprint density at radius 1 is 1.12 bits per heavy atom. The number of pyridine rings is 1. The van der Waals surface area contributed by atoms with Crippen molar-refractivity contribution < 1.29 is 14.3 Å². The zero-order valence-electron chi connectivity index (χ0n) is 19.6. The molecule has 5 rings (SSSR count). The number of nitrogens with one attached hydrogen (secondary N) is 1. The van der Waals surface area contributed by atoms with Gasteiger partial charge in [0.05, 0.1) is 24.2 Å². The van der Waals surface area contributed by atoms with Crippen molar-refractivity contribution in [3.05, 3.63) is 70.4 Å². The normalized spacial score (nSPS) is 19.1. The molecule has 1 atom stereocenters. The van der Waals surface area contributed by atoms with Crippen LogP contribution >= 0.6 is 0 Å². The molecule has 1 amide bonds. The third-order valence-corrected chi connectivity index (χ3v) is 7.13. The van der Waals surface area contributed by atoms with E-state index in [1.807, 2.05) is 56.1 Å². The third-order valence-electron chi connectivity index (χ3n) is 7.13. The van der Waals surface area contributed by atoms with Gasteiger partial charge in [0, 0.05) is 34.8 Å². The smallest absolute Gasteiger partial charge is 0.252 e. The highest BCUT2D eigenvalue weighted by molar-refractivity contribution is 6.04. The zero-order valence-corrected chi connectivity index (χ0v) is 19.6. The Morgan fingerprint density at radius 3 is 2.55 bits per heavy atom. The summed E-state index contributed by atoms with van der Waals surface area (Å²) < 4.78 is 5.53. The van der Waals surface area contributed by atoms with Gasteiger partial charge in [0.25, 0.3) is 5.91 Å². The first-order valence-electron chi connectivity index (χ1n) is 11.4. The van der Waals surface area contributed by atoms with E-state index in [2.05, 4.69) is 16.4 Å². The number of carbonyl (C=O) groups is 2. The molecule has 6 heteroatoms. The van der Waals surface area contributed by atoms with Crippen molar-refractivity contribution >= 4 is 22.6 Å². The van der Waals surface area contributed by atoms with E-state index in [4.69, 9.17) is 4.74 Å². The first kappa shape index (κ1) is 21.6. The van der Waals surface area contributed by atoms with Crippen LogP contribution in [-0.2, 0) is 5.54 Å². The monoisotopic (exact) mass is 443 g/mol. The van der Waals surface area contributed by atoms with Crippen LogP contribution < -0.4 is 10.1 Å². The van der Waals surface area contributed by atoms with Crippen molar-refractivity contribution in [1.29, 1.82) is 0 Å². The van der Waals surface area contributed by atoms with Crippen LogP contribution in [0.3, 0.4) is 0 Å². The van der Waals surface area contributed by atoms with Crippen LogP contribution in [0.15, 0.2) is 42.5 Å². The number of hydrogen-bond acceptors (Lipinski definition) is 5. The number of methoxy groups -OCH3 is 1. The summed E-state index contributed by atoms with van der Waals surface area (Å²) in [7, 11) is 3.60. The molecule has 1 saturated heterocycles. The highest BCUT2D eigenvalue weighted by Crippen LogP contribution is 2.49. The van der Waals surface area contributed by atoms with E-state index in [1.54, 1.807) is 13.2 Å². The van der Waals surface area contributed by atoms with Crippen molar-refractivity contribution in [3.63, 3.8) is 0 Å². The maximum atomic E-state index is 13.5. The molecule has 1 aliphatic carbocycles. The Kier molecular flexibility index (Phi) is 5.20. The molecule has 0 spiro atoms. The highest BCUT2D eigenvalue weighted by atomic mass is 16.5. The Hall–Kier alpha value is -3.25. The second-order valence-corrected chi connectivity index (χ2v) is 9.41. The second kappa shape index (κ2) is 7.96. The summed E-state index contributed by atoms with van der Waals surface area (Å²) in [6.45, 7) is 4.80. The molecule has 6 nitrogen and oxygen atoms in total. The number of aromatic nitrogens is 1. The number of likely N-dealkylation sites (tertiary alicyclic amines) is 1. The van der Waals surface area contributed by atoms with Gasteiger partial charge >= 0.3 is 0 Å². The SMILES string of the molecule is COc1cc(C2(NC(=O)c3cc(C(=O)C4CCN4C)ccc3C)CC2)c2ccc(C)nc2c1. The Labute approximate surface area is 194 Å². The van der Waals surface area contributed by atoms with Crippen LogP contribution in [0.25, 0.3) is 10.9 Å². The summed E-state index contributed by atoms with van der Waals surface area (Å²) in [5, 5.41) is 4.31. The van der Waals surface area contributed by atoms with E-state index in [1.165, 1.54) is 0 Å². The maximum absolute atomic E-state index is 13.5. The molecule has 2 aromatic carbocycles. The lowest BCUT2D eigenvalue weighted by Crippen LogP contribution is -2.49. The van der Waals surface area contributed by atoms with Crippen LogP contribution in [0.4, 0.5) is 0 Å². The summed E-state index contributed by atoms with van der Waals surface area (Å²) in [5.41, 5.74) is 4.37. The summed E-state index contributed by atoms with van der Waals surface area (Å²) in [5.74, 6) is 0.654. The van der Waals surface area contributed by atoms with Gasteiger partial charge in [-0.25, -0.2) is 0 Å². The van der Waals surface area contributed by atoms with Gasteiger partial charge in [-0.2, -0.15) is 0 Å². The van der Waals surface area contributed by atoms with E-state index >= 15 is 0 Å². The lowest BCUT2D eigenvalue weighted by atomic mass is 9.92. The van der Waals surface area contributed by atoms with E-state index in [0.717, 1.165) is 59.3 Å². The molecule has 2 aliphatic rings. The number of Topliss-reactive ketones (excluding diaryl/α,β-unsaturated/α-hetero) is 1. The first-order chi connectivity index (χ1) is 15.8. The van der Waals surface area contributed by atoms with E-state index in [-0.39, 0.29) is 17.7 Å². The average Bonchev–Trinajstić information content (AvgIpc) is 3.57. The standard InChI is InChI=1S/C27H29N3O3/c1-16-5-7-18(25(31)24-9-12-30(24)3)13-21(16)26(32)29-27(10-11-27)22-14-19(33-4)15-23-20(22)8-6-17(2)28-23/h5-8,13-15,24H,9-12H2,1-4H3,(H,29,32). The molecule has 2 heterocycles. The van der Waals surface area contributed by atoms with Gasteiger partial charge in [-0.1, -0.05) is 18.2 Å². The quantitative estimate of drug-likeness (QED) is 0.579. The Morgan fingerprint density at radius 2 is 1.91 bits per heavy atom. The second-order valence-electron chi connectivity index (χ2n) is 9.41. The van der Waals surface area contributed by atoms with Gasteiger partial charge < -0.3 is 10.1 Å². The van der Waals surface area contributed by atoms with Gasteiger partial charge in [0.1, 0.15) is 5.75 Å². The van der Waals surface area contributed by atoms with Gasteiger partial charge in [0.15, 0.2) is 5.78 Å². The number of nitrogens with zero attached hydrogens (tertiary/aromatic N) is 2. The number of likely N-dealkylation sites (N-methyl/N-ethyl adjacent to an activating group) is 1. The number of rotatable bonds is 6. The number of hydrogen-bond donors (Lipinski definition) is 1. The topological polar surface area (TPSA) is 71.5 Å². The van der Waals surface area contributed by atoms with Crippen molar-refractivity contribution in [2.45, 2.75) is 44.7 Å². The number of amides is 1. The third kappa shape index (κ3) is 3.78. The van der Waals surface area contributed by atoms with Gasteiger partial charge in [-0.3, -0.25) is 19.5 Å². The number of benzene rings is 2. The minimum Gasteiger partial charge on any atom is -0.497 e. The Bertz CT molecular complexity index is 1280. The number of carbonyl (C=O) groups excluding carboxylic acids is 2.